The number of fused-ring (bicyclic) bond motifs is 3. The van der Waals surface area contributed by atoms with Crippen LogP contribution in [0.5, 0.6) is 11.5 Å². The quantitative estimate of drug-likeness (QED) is 0.338. The first-order valence-corrected chi connectivity index (χ1v) is 9.51. The SMILES string of the molecule is COc1ccccc1-c1ccc2c(c1)oc1cc(-c3ccccc3OC)ccc12. The Morgan fingerprint density at radius 3 is 1.45 bits per heavy atom. The van der Waals surface area contributed by atoms with Crippen LogP contribution in [0.15, 0.2) is 89.3 Å². The van der Waals surface area contributed by atoms with Crippen LogP contribution >= 0.6 is 0 Å². The van der Waals surface area contributed by atoms with Crippen LogP contribution in [0.2, 0.25) is 0 Å². The number of furan rings is 1. The van der Waals surface area contributed by atoms with Crippen LogP contribution in [0, 0.1) is 0 Å². The number of benzene rings is 4. The molecule has 0 bridgehead atoms. The van der Waals surface area contributed by atoms with Gasteiger partial charge < -0.3 is 13.9 Å². The van der Waals surface area contributed by atoms with Crippen molar-refractivity contribution in [3.8, 4) is 33.8 Å². The molecule has 0 saturated carbocycles. The van der Waals surface area contributed by atoms with Crippen LogP contribution < -0.4 is 9.47 Å². The monoisotopic (exact) mass is 380 g/mol. The highest BCUT2D eigenvalue weighted by Gasteiger charge is 2.13. The van der Waals surface area contributed by atoms with Gasteiger partial charge in [0, 0.05) is 21.9 Å². The van der Waals surface area contributed by atoms with E-state index >= 15 is 0 Å². The van der Waals surface area contributed by atoms with Crippen molar-refractivity contribution >= 4 is 21.9 Å². The van der Waals surface area contributed by atoms with E-state index in [-0.39, 0.29) is 0 Å². The Kier molecular flexibility index (Phi) is 4.21. The minimum absolute atomic E-state index is 0.849. The van der Waals surface area contributed by atoms with Crippen molar-refractivity contribution in [1.82, 2.24) is 0 Å². The van der Waals surface area contributed by atoms with Crippen LogP contribution in [-0.4, -0.2) is 14.2 Å². The Bertz CT molecular complexity index is 1230. The van der Waals surface area contributed by atoms with Gasteiger partial charge in [0.1, 0.15) is 22.7 Å². The third-order valence-electron chi connectivity index (χ3n) is 5.31. The fourth-order valence-corrected chi connectivity index (χ4v) is 3.88. The smallest absolute Gasteiger partial charge is 0.136 e. The molecule has 142 valence electrons. The first kappa shape index (κ1) is 17.4. The largest absolute Gasteiger partial charge is 0.496 e. The van der Waals surface area contributed by atoms with Gasteiger partial charge in [-0.05, 0) is 47.5 Å². The molecular weight excluding hydrogens is 360 g/mol. The second-order valence-corrected chi connectivity index (χ2v) is 6.92. The number of para-hydroxylation sites is 2. The van der Waals surface area contributed by atoms with E-state index in [0.29, 0.717) is 0 Å². The molecule has 4 aromatic carbocycles. The Balaban J connectivity index is 1.65. The zero-order chi connectivity index (χ0) is 19.8. The summed E-state index contributed by atoms with van der Waals surface area (Å²) in [6.45, 7) is 0. The summed E-state index contributed by atoms with van der Waals surface area (Å²) in [5.74, 6) is 1.70. The van der Waals surface area contributed by atoms with Crippen LogP contribution in [0.25, 0.3) is 44.2 Å². The topological polar surface area (TPSA) is 31.6 Å². The van der Waals surface area contributed by atoms with E-state index in [1.807, 2.05) is 36.4 Å². The molecule has 0 unspecified atom stereocenters. The van der Waals surface area contributed by atoms with Crippen molar-refractivity contribution in [2.75, 3.05) is 14.2 Å². The first-order chi connectivity index (χ1) is 14.3. The minimum Gasteiger partial charge on any atom is -0.496 e. The predicted molar refractivity (Wildman–Crippen MR) is 118 cm³/mol. The molecule has 1 heterocycles. The molecule has 0 N–H and O–H groups in total. The maximum absolute atomic E-state index is 6.24. The van der Waals surface area contributed by atoms with E-state index in [1.165, 1.54) is 0 Å². The van der Waals surface area contributed by atoms with E-state index in [9.17, 15) is 0 Å². The highest BCUT2D eigenvalue weighted by atomic mass is 16.5. The highest BCUT2D eigenvalue weighted by Crippen LogP contribution is 2.38. The maximum Gasteiger partial charge on any atom is 0.136 e. The molecule has 3 heteroatoms. The van der Waals surface area contributed by atoms with E-state index in [0.717, 1.165) is 55.7 Å². The molecule has 29 heavy (non-hydrogen) atoms. The lowest BCUT2D eigenvalue weighted by Crippen LogP contribution is -1.87. The summed E-state index contributed by atoms with van der Waals surface area (Å²) < 4.78 is 17.3. The average molecular weight is 380 g/mol. The summed E-state index contributed by atoms with van der Waals surface area (Å²) in [6.07, 6.45) is 0. The fraction of sp³-hybridized carbons (Fsp3) is 0.0769. The predicted octanol–water partition coefficient (Wildman–Crippen LogP) is 6.94. The summed E-state index contributed by atoms with van der Waals surface area (Å²) in [6, 6.07) is 28.7. The molecule has 3 nitrogen and oxygen atoms in total. The number of hydrogen-bond acceptors (Lipinski definition) is 3. The number of ether oxygens (including phenoxy) is 2. The zero-order valence-corrected chi connectivity index (χ0v) is 16.3. The van der Waals surface area contributed by atoms with E-state index < -0.39 is 0 Å². The summed E-state index contributed by atoms with van der Waals surface area (Å²) >= 11 is 0. The minimum atomic E-state index is 0.849. The van der Waals surface area contributed by atoms with E-state index in [1.54, 1.807) is 14.2 Å². The molecule has 0 aliphatic rings. The molecule has 0 spiro atoms. The molecule has 0 atom stereocenters. The molecule has 1 aromatic heterocycles. The standard InChI is InChI=1S/C26H20O3/c1-27-23-9-5-3-7-19(23)17-11-13-21-22-14-12-18(16-26(22)29-25(21)15-17)20-8-4-6-10-24(20)28-2/h3-16H,1-2H3. The molecule has 5 aromatic rings. The van der Waals surface area contributed by atoms with Gasteiger partial charge in [-0.2, -0.15) is 0 Å². The van der Waals surface area contributed by atoms with Gasteiger partial charge in [-0.15, -0.1) is 0 Å². The molecule has 0 radical (unpaired) electrons. The Hall–Kier alpha value is -3.72. The van der Waals surface area contributed by atoms with Crippen molar-refractivity contribution in [3.63, 3.8) is 0 Å². The van der Waals surface area contributed by atoms with Gasteiger partial charge in [-0.1, -0.05) is 48.5 Å². The summed E-state index contributed by atoms with van der Waals surface area (Å²) in [4.78, 5) is 0. The highest BCUT2D eigenvalue weighted by molar-refractivity contribution is 6.07. The lowest BCUT2D eigenvalue weighted by Gasteiger charge is -2.08. The van der Waals surface area contributed by atoms with Gasteiger partial charge in [0.15, 0.2) is 0 Å². The molecule has 5 rings (SSSR count). The van der Waals surface area contributed by atoms with Gasteiger partial charge in [0.2, 0.25) is 0 Å². The normalized spacial score (nSPS) is 11.1. The van der Waals surface area contributed by atoms with Gasteiger partial charge in [0.05, 0.1) is 14.2 Å². The van der Waals surface area contributed by atoms with E-state index in [2.05, 4.69) is 48.5 Å². The lowest BCUT2D eigenvalue weighted by molar-refractivity contribution is 0.416. The van der Waals surface area contributed by atoms with Crippen molar-refractivity contribution < 1.29 is 13.9 Å². The fourth-order valence-electron chi connectivity index (χ4n) is 3.88. The number of hydrogen-bond donors (Lipinski definition) is 0. The molecule has 0 fully saturated rings. The molecular formula is C26H20O3. The summed E-state index contributed by atoms with van der Waals surface area (Å²) in [5, 5.41) is 2.20. The Morgan fingerprint density at radius 2 is 1.00 bits per heavy atom. The van der Waals surface area contributed by atoms with Gasteiger partial charge in [-0.3, -0.25) is 0 Å². The van der Waals surface area contributed by atoms with Gasteiger partial charge in [0.25, 0.3) is 0 Å². The maximum atomic E-state index is 6.24. The molecule has 0 amide bonds. The number of methoxy groups -OCH3 is 2. The Morgan fingerprint density at radius 1 is 0.552 bits per heavy atom. The van der Waals surface area contributed by atoms with Gasteiger partial charge in [-0.25, -0.2) is 0 Å². The third-order valence-corrected chi connectivity index (χ3v) is 5.31. The van der Waals surface area contributed by atoms with Crippen molar-refractivity contribution in [2.24, 2.45) is 0 Å². The van der Waals surface area contributed by atoms with E-state index in [4.69, 9.17) is 13.9 Å². The number of rotatable bonds is 4. The van der Waals surface area contributed by atoms with Crippen LogP contribution in [0.3, 0.4) is 0 Å². The Labute approximate surface area is 169 Å². The second-order valence-electron chi connectivity index (χ2n) is 6.92. The first-order valence-electron chi connectivity index (χ1n) is 9.51. The second kappa shape index (κ2) is 7.02. The summed E-state index contributed by atoms with van der Waals surface area (Å²) in [7, 11) is 3.38. The zero-order valence-electron chi connectivity index (χ0n) is 16.3. The van der Waals surface area contributed by atoms with Crippen molar-refractivity contribution in [2.45, 2.75) is 0 Å². The average Bonchev–Trinajstić information content (AvgIpc) is 3.15. The molecule has 0 saturated heterocycles. The molecule has 0 aliphatic carbocycles. The summed E-state index contributed by atoms with van der Waals surface area (Å²) in [5.41, 5.74) is 5.96. The van der Waals surface area contributed by atoms with Crippen molar-refractivity contribution in [3.05, 3.63) is 84.9 Å². The molecule has 0 aliphatic heterocycles. The lowest BCUT2D eigenvalue weighted by atomic mass is 10.0. The third kappa shape index (κ3) is 2.92. The van der Waals surface area contributed by atoms with Crippen LogP contribution in [-0.2, 0) is 0 Å². The van der Waals surface area contributed by atoms with Crippen LogP contribution in [0.4, 0.5) is 0 Å². The van der Waals surface area contributed by atoms with Crippen molar-refractivity contribution in [1.29, 1.82) is 0 Å². The van der Waals surface area contributed by atoms with Crippen LogP contribution in [0.1, 0.15) is 0 Å². The van der Waals surface area contributed by atoms with Gasteiger partial charge >= 0.3 is 0 Å².